The molecule has 4 heterocycles. The third-order valence-electron chi connectivity index (χ3n) is 5.02. The van der Waals surface area contributed by atoms with Crippen molar-refractivity contribution in [1.29, 1.82) is 0 Å². The molecule has 0 aliphatic carbocycles. The lowest BCUT2D eigenvalue weighted by Gasteiger charge is -2.33. The summed E-state index contributed by atoms with van der Waals surface area (Å²) in [5.41, 5.74) is -0.266. The number of carbonyl (C=O) groups excluding carboxylic acids is 1. The summed E-state index contributed by atoms with van der Waals surface area (Å²) < 4.78 is 65.3. The van der Waals surface area contributed by atoms with Crippen LogP contribution in [0, 0.1) is 5.82 Å². The molecule has 0 unspecified atom stereocenters. The second-order valence-corrected chi connectivity index (χ2v) is 6.72. The molecule has 30 heavy (non-hydrogen) atoms. The molecule has 0 spiro atoms. The summed E-state index contributed by atoms with van der Waals surface area (Å²) >= 11 is 0. The van der Waals surface area contributed by atoms with Gasteiger partial charge in [-0.15, -0.1) is 0 Å². The van der Waals surface area contributed by atoms with Gasteiger partial charge in [0.1, 0.15) is 11.6 Å². The summed E-state index contributed by atoms with van der Waals surface area (Å²) in [6.45, 7) is -0.00677. The number of para-hydroxylation sites is 1. The lowest BCUT2D eigenvalue weighted by molar-refractivity contribution is -0.141. The lowest BCUT2D eigenvalue weighted by atomic mass is 9.99. The molecular formula is C19H12F4N4O3. The SMILES string of the molecule is O=C(c1ocnc1C(F)(F)F)N1CCc2[nH]cnc2[C@@H]1c1oc2ccccc2c1F. The van der Waals surface area contributed by atoms with Gasteiger partial charge >= 0.3 is 6.18 Å². The zero-order valence-corrected chi connectivity index (χ0v) is 15.0. The molecule has 1 aliphatic rings. The minimum absolute atomic E-state index is 0.00677. The Balaban J connectivity index is 1.66. The zero-order chi connectivity index (χ0) is 21.0. The number of carbonyl (C=O) groups is 1. The second kappa shape index (κ2) is 6.44. The molecule has 4 aromatic rings. The second-order valence-electron chi connectivity index (χ2n) is 6.72. The first kappa shape index (κ1) is 18.4. The Kier molecular flexibility index (Phi) is 3.95. The molecule has 5 rings (SSSR count). The Labute approximate surface area is 165 Å². The van der Waals surface area contributed by atoms with Crippen LogP contribution < -0.4 is 0 Å². The highest BCUT2D eigenvalue weighted by Gasteiger charge is 2.45. The first-order valence-corrected chi connectivity index (χ1v) is 8.87. The van der Waals surface area contributed by atoms with Crippen LogP contribution in [0.3, 0.4) is 0 Å². The lowest BCUT2D eigenvalue weighted by Crippen LogP contribution is -2.41. The molecule has 0 fully saturated rings. The molecule has 1 aromatic carbocycles. The van der Waals surface area contributed by atoms with Gasteiger partial charge in [-0.3, -0.25) is 4.79 Å². The Morgan fingerprint density at radius 2 is 2.03 bits per heavy atom. The van der Waals surface area contributed by atoms with E-state index in [1.807, 2.05) is 0 Å². The van der Waals surface area contributed by atoms with Crippen molar-refractivity contribution in [2.24, 2.45) is 0 Å². The molecule has 0 radical (unpaired) electrons. The van der Waals surface area contributed by atoms with E-state index in [-0.39, 0.29) is 29.7 Å². The molecule has 154 valence electrons. The van der Waals surface area contributed by atoms with Crippen LogP contribution in [-0.2, 0) is 12.6 Å². The van der Waals surface area contributed by atoms with Gasteiger partial charge in [0.15, 0.2) is 23.7 Å². The summed E-state index contributed by atoms with van der Waals surface area (Å²) in [6.07, 6.45) is -2.67. The van der Waals surface area contributed by atoms with Crippen molar-refractivity contribution in [2.45, 2.75) is 18.6 Å². The van der Waals surface area contributed by atoms with Crippen molar-refractivity contribution in [3.05, 3.63) is 71.4 Å². The first-order chi connectivity index (χ1) is 14.4. The fraction of sp³-hybridized carbons (Fsp3) is 0.211. The number of alkyl halides is 3. The summed E-state index contributed by atoms with van der Waals surface area (Å²) in [5.74, 6) is -2.98. The molecule has 0 bridgehead atoms. The van der Waals surface area contributed by atoms with Crippen molar-refractivity contribution < 1.29 is 31.2 Å². The number of nitrogens with zero attached hydrogens (tertiary/aromatic N) is 3. The van der Waals surface area contributed by atoms with Gasteiger partial charge < -0.3 is 18.7 Å². The van der Waals surface area contributed by atoms with E-state index >= 15 is 4.39 Å². The van der Waals surface area contributed by atoms with Gasteiger partial charge in [-0.2, -0.15) is 13.2 Å². The van der Waals surface area contributed by atoms with Gasteiger partial charge in [0.25, 0.3) is 5.91 Å². The highest BCUT2D eigenvalue weighted by molar-refractivity contribution is 5.93. The van der Waals surface area contributed by atoms with Gasteiger partial charge in [-0.25, -0.2) is 14.4 Å². The minimum Gasteiger partial charge on any atom is -0.455 e. The third-order valence-corrected chi connectivity index (χ3v) is 5.02. The van der Waals surface area contributed by atoms with E-state index in [4.69, 9.17) is 8.83 Å². The number of hydrogen-bond donors (Lipinski definition) is 1. The maximum Gasteiger partial charge on any atom is 0.437 e. The maximum atomic E-state index is 15.2. The number of halogens is 4. The Bertz CT molecular complexity index is 1260. The summed E-state index contributed by atoms with van der Waals surface area (Å²) in [7, 11) is 0. The number of rotatable bonds is 2. The molecule has 0 saturated carbocycles. The molecule has 1 amide bonds. The van der Waals surface area contributed by atoms with Crippen LogP contribution in [0.1, 0.15) is 39.4 Å². The molecule has 0 saturated heterocycles. The Morgan fingerprint density at radius 3 is 2.80 bits per heavy atom. The fourth-order valence-corrected chi connectivity index (χ4v) is 3.70. The van der Waals surface area contributed by atoms with Crippen LogP contribution in [0.2, 0.25) is 0 Å². The predicted octanol–water partition coefficient (Wildman–Crippen LogP) is 4.09. The predicted molar refractivity (Wildman–Crippen MR) is 92.8 cm³/mol. The number of imidazole rings is 1. The van der Waals surface area contributed by atoms with Gasteiger partial charge in [0, 0.05) is 18.7 Å². The molecule has 7 nitrogen and oxygen atoms in total. The number of fused-ring (bicyclic) bond motifs is 2. The summed E-state index contributed by atoms with van der Waals surface area (Å²) in [6, 6.07) is 5.17. The van der Waals surface area contributed by atoms with Crippen LogP contribution in [-0.4, -0.2) is 32.3 Å². The van der Waals surface area contributed by atoms with Crippen molar-refractivity contribution in [1.82, 2.24) is 19.9 Å². The van der Waals surface area contributed by atoms with E-state index in [1.54, 1.807) is 18.2 Å². The van der Waals surface area contributed by atoms with Gasteiger partial charge in [-0.1, -0.05) is 12.1 Å². The number of amides is 1. The quantitative estimate of drug-likeness (QED) is 0.494. The van der Waals surface area contributed by atoms with E-state index in [9.17, 15) is 18.0 Å². The van der Waals surface area contributed by atoms with Crippen molar-refractivity contribution in [2.75, 3.05) is 6.54 Å². The summed E-state index contributed by atoms with van der Waals surface area (Å²) in [4.78, 5) is 24.3. The topological polar surface area (TPSA) is 88.2 Å². The van der Waals surface area contributed by atoms with E-state index in [2.05, 4.69) is 15.0 Å². The first-order valence-electron chi connectivity index (χ1n) is 8.87. The standard InChI is InChI=1S/C19H12F4N4O3/c20-12-9-3-1-2-4-11(9)30-15(12)14-13-10(24-7-25-13)5-6-27(14)18(28)16-17(19(21,22)23)26-8-29-16/h1-4,7-8,14H,5-6H2,(H,24,25)/t14-/m1/s1. The molecule has 1 N–H and O–H groups in total. The van der Waals surface area contributed by atoms with Gasteiger partial charge in [-0.05, 0) is 12.1 Å². The number of aromatic amines is 1. The number of nitrogens with one attached hydrogen (secondary N) is 1. The van der Waals surface area contributed by atoms with E-state index in [1.165, 1.54) is 12.4 Å². The van der Waals surface area contributed by atoms with Crippen LogP contribution >= 0.6 is 0 Å². The number of aromatic nitrogens is 3. The number of benzene rings is 1. The smallest absolute Gasteiger partial charge is 0.437 e. The monoisotopic (exact) mass is 420 g/mol. The fourth-order valence-electron chi connectivity index (χ4n) is 3.70. The Hall–Kier alpha value is -3.63. The van der Waals surface area contributed by atoms with Crippen LogP contribution in [0.4, 0.5) is 17.6 Å². The Morgan fingerprint density at radius 1 is 1.23 bits per heavy atom. The van der Waals surface area contributed by atoms with Gasteiger partial charge in [0.2, 0.25) is 5.76 Å². The number of oxazole rings is 1. The molecule has 11 heteroatoms. The highest BCUT2D eigenvalue weighted by atomic mass is 19.4. The molecule has 1 aliphatic heterocycles. The highest BCUT2D eigenvalue weighted by Crippen LogP contribution is 2.40. The zero-order valence-electron chi connectivity index (χ0n) is 15.0. The van der Waals surface area contributed by atoms with E-state index in [0.29, 0.717) is 17.8 Å². The van der Waals surface area contributed by atoms with Crippen LogP contribution in [0.25, 0.3) is 11.0 Å². The summed E-state index contributed by atoms with van der Waals surface area (Å²) in [5, 5.41) is 0.193. The normalized spacial score (nSPS) is 16.8. The van der Waals surface area contributed by atoms with E-state index < -0.39 is 35.4 Å². The average molecular weight is 420 g/mol. The van der Waals surface area contributed by atoms with Crippen molar-refractivity contribution in [3.8, 4) is 0 Å². The average Bonchev–Trinajstić information content (AvgIpc) is 3.45. The van der Waals surface area contributed by atoms with E-state index in [0.717, 1.165) is 4.90 Å². The maximum absolute atomic E-state index is 15.2. The minimum atomic E-state index is -4.88. The molecule has 3 aromatic heterocycles. The third kappa shape index (κ3) is 2.69. The van der Waals surface area contributed by atoms with Crippen molar-refractivity contribution >= 4 is 16.9 Å². The number of H-pyrrole nitrogens is 1. The molecule has 1 atom stereocenters. The van der Waals surface area contributed by atoms with Crippen molar-refractivity contribution in [3.63, 3.8) is 0 Å². The largest absolute Gasteiger partial charge is 0.455 e. The van der Waals surface area contributed by atoms with Gasteiger partial charge in [0.05, 0.1) is 17.4 Å². The van der Waals surface area contributed by atoms with Crippen LogP contribution in [0.5, 0.6) is 0 Å². The van der Waals surface area contributed by atoms with Crippen LogP contribution in [0.15, 0.2) is 45.8 Å². The molecular weight excluding hydrogens is 408 g/mol. The number of hydrogen-bond acceptors (Lipinski definition) is 5. The number of furan rings is 1.